The Balaban J connectivity index is 2.14. The van der Waals surface area contributed by atoms with Gasteiger partial charge in [0.05, 0.1) is 6.21 Å². The zero-order valence-electron chi connectivity index (χ0n) is 10.8. The SMILES string of the molecule is CON=Cc1c(N)ncnc1OCc1ccc(F)cc1. The minimum atomic E-state index is -0.298. The van der Waals surface area contributed by atoms with E-state index >= 15 is 0 Å². The van der Waals surface area contributed by atoms with Crippen LogP contribution >= 0.6 is 0 Å². The molecular weight excluding hydrogens is 263 g/mol. The standard InChI is InChI=1S/C13H13FN4O2/c1-19-18-6-11-12(15)16-8-17-13(11)20-7-9-2-4-10(14)5-3-9/h2-6,8H,7H2,1H3,(H2,15,16,17). The molecule has 7 heteroatoms. The summed E-state index contributed by atoms with van der Waals surface area (Å²) in [4.78, 5) is 12.4. The number of benzene rings is 1. The molecule has 2 aromatic rings. The first-order valence-corrected chi connectivity index (χ1v) is 5.75. The molecule has 6 nitrogen and oxygen atoms in total. The maximum absolute atomic E-state index is 12.8. The third kappa shape index (κ3) is 3.41. The molecule has 0 saturated heterocycles. The van der Waals surface area contributed by atoms with Gasteiger partial charge in [-0.05, 0) is 17.7 Å². The number of hydrogen-bond acceptors (Lipinski definition) is 6. The van der Waals surface area contributed by atoms with Gasteiger partial charge < -0.3 is 15.3 Å². The van der Waals surface area contributed by atoms with Crippen molar-refractivity contribution >= 4 is 12.0 Å². The summed E-state index contributed by atoms with van der Waals surface area (Å²) in [6.07, 6.45) is 2.66. The molecule has 20 heavy (non-hydrogen) atoms. The van der Waals surface area contributed by atoms with Crippen molar-refractivity contribution in [1.29, 1.82) is 0 Å². The van der Waals surface area contributed by atoms with E-state index in [1.54, 1.807) is 12.1 Å². The Hall–Kier alpha value is -2.70. The Morgan fingerprint density at radius 1 is 1.30 bits per heavy atom. The first kappa shape index (κ1) is 13.7. The zero-order valence-corrected chi connectivity index (χ0v) is 10.8. The quantitative estimate of drug-likeness (QED) is 0.664. The van der Waals surface area contributed by atoms with Crippen molar-refractivity contribution in [1.82, 2.24) is 9.97 Å². The van der Waals surface area contributed by atoms with Crippen LogP contribution in [0.3, 0.4) is 0 Å². The number of ether oxygens (including phenoxy) is 1. The normalized spacial score (nSPS) is 10.7. The maximum Gasteiger partial charge on any atom is 0.228 e. The first-order valence-electron chi connectivity index (χ1n) is 5.75. The fourth-order valence-electron chi connectivity index (χ4n) is 1.47. The van der Waals surface area contributed by atoms with E-state index < -0.39 is 0 Å². The minimum absolute atomic E-state index is 0.227. The number of nitrogens with zero attached hydrogens (tertiary/aromatic N) is 3. The van der Waals surface area contributed by atoms with Gasteiger partial charge in [-0.2, -0.15) is 0 Å². The third-order valence-corrected chi connectivity index (χ3v) is 2.45. The molecule has 0 saturated carbocycles. The Bertz CT molecular complexity index is 602. The third-order valence-electron chi connectivity index (χ3n) is 2.45. The number of halogens is 1. The molecular formula is C13H13FN4O2. The molecule has 0 aliphatic heterocycles. The van der Waals surface area contributed by atoms with Crippen molar-refractivity contribution in [2.45, 2.75) is 6.61 Å². The molecule has 1 aromatic heterocycles. The van der Waals surface area contributed by atoms with Crippen LogP contribution in [-0.2, 0) is 11.4 Å². The highest BCUT2D eigenvalue weighted by Crippen LogP contribution is 2.18. The van der Waals surface area contributed by atoms with E-state index in [2.05, 4.69) is 20.0 Å². The molecule has 0 spiro atoms. The van der Waals surface area contributed by atoms with Gasteiger partial charge in [-0.1, -0.05) is 17.3 Å². The lowest BCUT2D eigenvalue weighted by Crippen LogP contribution is -2.05. The first-order chi connectivity index (χ1) is 9.70. The number of hydrogen-bond donors (Lipinski definition) is 1. The predicted molar refractivity (Wildman–Crippen MR) is 71.8 cm³/mol. The summed E-state index contributed by atoms with van der Waals surface area (Å²) in [5.74, 6) is 0.213. The van der Waals surface area contributed by atoms with Gasteiger partial charge in [-0.3, -0.25) is 0 Å². The van der Waals surface area contributed by atoms with E-state index in [1.807, 2.05) is 0 Å². The van der Waals surface area contributed by atoms with E-state index in [1.165, 1.54) is 31.8 Å². The highest BCUT2D eigenvalue weighted by atomic mass is 19.1. The molecule has 0 atom stereocenters. The van der Waals surface area contributed by atoms with Crippen molar-refractivity contribution in [2.75, 3.05) is 12.8 Å². The van der Waals surface area contributed by atoms with Crippen LogP contribution in [0.2, 0.25) is 0 Å². The number of nitrogens with two attached hydrogens (primary N) is 1. The second-order valence-corrected chi connectivity index (χ2v) is 3.81. The Morgan fingerprint density at radius 2 is 2.05 bits per heavy atom. The van der Waals surface area contributed by atoms with E-state index in [0.29, 0.717) is 5.56 Å². The average Bonchev–Trinajstić information content (AvgIpc) is 2.46. The summed E-state index contributed by atoms with van der Waals surface area (Å²) in [6, 6.07) is 5.98. The van der Waals surface area contributed by atoms with Gasteiger partial charge in [0.25, 0.3) is 0 Å². The molecule has 0 aliphatic rings. The average molecular weight is 276 g/mol. The van der Waals surface area contributed by atoms with Gasteiger partial charge in [0.2, 0.25) is 5.88 Å². The van der Waals surface area contributed by atoms with Gasteiger partial charge in [-0.25, -0.2) is 14.4 Å². The number of nitrogen functional groups attached to an aromatic ring is 1. The van der Waals surface area contributed by atoms with E-state index in [-0.39, 0.29) is 24.1 Å². The summed E-state index contributed by atoms with van der Waals surface area (Å²) in [5.41, 5.74) is 6.95. The Morgan fingerprint density at radius 3 is 2.75 bits per heavy atom. The molecule has 2 N–H and O–H groups in total. The van der Waals surface area contributed by atoms with Crippen LogP contribution in [0.4, 0.5) is 10.2 Å². The second kappa shape index (κ2) is 6.46. The van der Waals surface area contributed by atoms with Gasteiger partial charge in [-0.15, -0.1) is 0 Å². The summed E-state index contributed by atoms with van der Waals surface area (Å²) in [6.45, 7) is 0.227. The fourth-order valence-corrected chi connectivity index (χ4v) is 1.47. The van der Waals surface area contributed by atoms with Gasteiger partial charge in [0.1, 0.15) is 37.2 Å². The number of anilines is 1. The molecule has 0 bridgehead atoms. The molecule has 0 unspecified atom stereocenters. The summed E-state index contributed by atoms with van der Waals surface area (Å²) in [7, 11) is 1.41. The van der Waals surface area contributed by atoms with Crippen molar-refractivity contribution < 1.29 is 14.0 Å². The lowest BCUT2D eigenvalue weighted by atomic mass is 10.2. The van der Waals surface area contributed by atoms with Crippen molar-refractivity contribution in [3.63, 3.8) is 0 Å². The summed E-state index contributed by atoms with van der Waals surface area (Å²) >= 11 is 0. The Labute approximate surface area is 115 Å². The molecule has 2 rings (SSSR count). The summed E-state index contributed by atoms with van der Waals surface area (Å²) < 4.78 is 18.3. The van der Waals surface area contributed by atoms with Crippen LogP contribution in [0.5, 0.6) is 5.88 Å². The molecule has 1 aromatic carbocycles. The van der Waals surface area contributed by atoms with Crippen LogP contribution in [0.15, 0.2) is 35.7 Å². The fraction of sp³-hybridized carbons (Fsp3) is 0.154. The number of rotatable bonds is 5. The van der Waals surface area contributed by atoms with E-state index in [9.17, 15) is 4.39 Å². The predicted octanol–water partition coefficient (Wildman–Crippen LogP) is 1.76. The highest BCUT2D eigenvalue weighted by molar-refractivity contribution is 5.87. The summed E-state index contributed by atoms with van der Waals surface area (Å²) in [5, 5.41) is 3.62. The van der Waals surface area contributed by atoms with Crippen molar-refractivity contribution in [2.24, 2.45) is 5.16 Å². The topological polar surface area (TPSA) is 82.6 Å². The minimum Gasteiger partial charge on any atom is -0.472 e. The van der Waals surface area contributed by atoms with Crippen LogP contribution in [-0.4, -0.2) is 23.3 Å². The van der Waals surface area contributed by atoms with Gasteiger partial charge in [0, 0.05) is 0 Å². The molecule has 0 aliphatic carbocycles. The molecule has 0 fully saturated rings. The van der Waals surface area contributed by atoms with Gasteiger partial charge >= 0.3 is 0 Å². The highest BCUT2D eigenvalue weighted by Gasteiger charge is 2.09. The monoisotopic (exact) mass is 276 g/mol. The second-order valence-electron chi connectivity index (χ2n) is 3.81. The van der Waals surface area contributed by atoms with Gasteiger partial charge in [0.15, 0.2) is 0 Å². The largest absolute Gasteiger partial charge is 0.472 e. The Kier molecular flexibility index (Phi) is 4.43. The molecule has 0 radical (unpaired) electrons. The lowest BCUT2D eigenvalue weighted by Gasteiger charge is -2.08. The zero-order chi connectivity index (χ0) is 14.4. The van der Waals surface area contributed by atoms with Crippen LogP contribution in [0.25, 0.3) is 0 Å². The molecule has 104 valence electrons. The lowest BCUT2D eigenvalue weighted by molar-refractivity contribution is 0.215. The maximum atomic E-state index is 12.8. The number of oxime groups is 1. The van der Waals surface area contributed by atoms with Crippen LogP contribution < -0.4 is 10.5 Å². The van der Waals surface area contributed by atoms with Crippen LogP contribution in [0.1, 0.15) is 11.1 Å². The van der Waals surface area contributed by atoms with E-state index in [0.717, 1.165) is 5.56 Å². The number of aromatic nitrogens is 2. The van der Waals surface area contributed by atoms with E-state index in [4.69, 9.17) is 10.5 Å². The molecule has 1 heterocycles. The van der Waals surface area contributed by atoms with Crippen molar-refractivity contribution in [3.05, 3.63) is 47.5 Å². The smallest absolute Gasteiger partial charge is 0.228 e. The van der Waals surface area contributed by atoms with Crippen LogP contribution in [0, 0.1) is 5.82 Å². The van der Waals surface area contributed by atoms with Crippen molar-refractivity contribution in [3.8, 4) is 5.88 Å². The molecule has 0 amide bonds.